The SMILES string of the molecule is C[n+]1ccc(-c2c3ccccc3cc3ccccc23)cc1I.[I-]. The molecule has 1 nitrogen and oxygen atoms in total. The summed E-state index contributed by atoms with van der Waals surface area (Å²) in [6, 6.07) is 24.0. The van der Waals surface area contributed by atoms with Crippen LogP contribution in [0.5, 0.6) is 0 Å². The molecule has 0 aliphatic heterocycles. The number of aromatic nitrogens is 1. The second-order valence-corrected chi connectivity index (χ2v) is 6.65. The Bertz CT molecular complexity index is 955. The van der Waals surface area contributed by atoms with Crippen LogP contribution in [-0.2, 0) is 7.05 Å². The maximum atomic E-state index is 2.39. The van der Waals surface area contributed by atoms with Crippen LogP contribution < -0.4 is 28.5 Å². The molecular weight excluding hydrogens is 508 g/mol. The molecule has 1 aromatic heterocycles. The van der Waals surface area contributed by atoms with Gasteiger partial charge in [-0.05, 0) is 38.7 Å². The van der Waals surface area contributed by atoms with E-state index in [0.29, 0.717) is 0 Å². The minimum absolute atomic E-state index is 0. The van der Waals surface area contributed by atoms with Crippen LogP contribution >= 0.6 is 22.6 Å². The number of hydrogen-bond donors (Lipinski definition) is 0. The summed E-state index contributed by atoms with van der Waals surface area (Å²) >= 11 is 2.39. The van der Waals surface area contributed by atoms with E-state index in [1.807, 2.05) is 0 Å². The Morgan fingerprint density at radius 2 is 1.35 bits per heavy atom. The zero-order valence-electron chi connectivity index (χ0n) is 12.6. The molecule has 0 fully saturated rings. The summed E-state index contributed by atoms with van der Waals surface area (Å²) in [5.41, 5.74) is 2.60. The van der Waals surface area contributed by atoms with Gasteiger partial charge >= 0.3 is 0 Å². The molecule has 3 heteroatoms. The van der Waals surface area contributed by atoms with E-state index in [4.69, 9.17) is 0 Å². The van der Waals surface area contributed by atoms with Crippen molar-refractivity contribution in [1.82, 2.24) is 0 Å². The molecule has 3 aromatic carbocycles. The van der Waals surface area contributed by atoms with Crippen molar-refractivity contribution >= 4 is 44.1 Å². The summed E-state index contributed by atoms with van der Waals surface area (Å²) in [5, 5.41) is 5.20. The Morgan fingerprint density at radius 3 is 1.91 bits per heavy atom. The largest absolute Gasteiger partial charge is 1.00 e. The lowest BCUT2D eigenvalue weighted by atomic mass is 9.92. The van der Waals surface area contributed by atoms with Crippen LogP contribution in [-0.4, -0.2) is 0 Å². The third-order valence-electron chi connectivity index (χ3n) is 4.15. The van der Waals surface area contributed by atoms with E-state index in [9.17, 15) is 0 Å². The first-order valence-corrected chi connectivity index (χ1v) is 8.38. The van der Waals surface area contributed by atoms with Crippen molar-refractivity contribution in [3.8, 4) is 11.1 Å². The highest BCUT2D eigenvalue weighted by molar-refractivity contribution is 14.1. The summed E-state index contributed by atoms with van der Waals surface area (Å²) in [6.45, 7) is 0. The summed E-state index contributed by atoms with van der Waals surface area (Å²) in [4.78, 5) is 0. The number of aryl methyl sites for hydroxylation is 1. The highest BCUT2D eigenvalue weighted by Gasteiger charge is 2.12. The van der Waals surface area contributed by atoms with Crippen molar-refractivity contribution in [3.63, 3.8) is 0 Å². The van der Waals surface area contributed by atoms with Crippen molar-refractivity contribution in [3.05, 3.63) is 76.6 Å². The molecule has 4 rings (SSSR count). The zero-order chi connectivity index (χ0) is 15.1. The third kappa shape index (κ3) is 2.96. The van der Waals surface area contributed by atoms with Crippen molar-refractivity contribution in [2.45, 2.75) is 0 Å². The number of hydrogen-bond acceptors (Lipinski definition) is 0. The summed E-state index contributed by atoms with van der Waals surface area (Å²) in [5.74, 6) is 0. The molecule has 1 heterocycles. The predicted molar refractivity (Wildman–Crippen MR) is 101 cm³/mol. The number of halogens is 2. The van der Waals surface area contributed by atoms with Crippen molar-refractivity contribution < 1.29 is 28.5 Å². The van der Waals surface area contributed by atoms with Crippen LogP contribution in [0.15, 0.2) is 72.9 Å². The van der Waals surface area contributed by atoms with Crippen LogP contribution in [0.1, 0.15) is 0 Å². The molecule has 0 saturated carbocycles. The standard InChI is InChI=1S/C20H15IN.HI/c1-22-11-10-16(13-19(22)21)20-17-8-4-2-6-14(17)12-15-7-3-5-9-18(15)20;/h2-13H,1H3;1H/q+1;/p-1. The van der Waals surface area contributed by atoms with Gasteiger partial charge in [0.25, 0.3) is 0 Å². The Kier molecular flexibility index (Phi) is 4.87. The molecule has 0 radical (unpaired) electrons. The molecule has 114 valence electrons. The molecule has 0 N–H and O–H groups in total. The normalized spacial score (nSPS) is 10.7. The van der Waals surface area contributed by atoms with E-state index in [1.54, 1.807) is 0 Å². The van der Waals surface area contributed by atoms with Gasteiger partial charge in [-0.1, -0.05) is 48.5 Å². The van der Waals surface area contributed by atoms with Crippen LogP contribution in [0.2, 0.25) is 0 Å². The van der Waals surface area contributed by atoms with Gasteiger partial charge in [0.1, 0.15) is 7.05 Å². The number of pyridine rings is 1. The molecule has 0 amide bonds. The fourth-order valence-electron chi connectivity index (χ4n) is 3.02. The quantitative estimate of drug-likeness (QED) is 0.156. The highest BCUT2D eigenvalue weighted by atomic mass is 127. The number of rotatable bonds is 1. The first-order chi connectivity index (χ1) is 10.7. The van der Waals surface area contributed by atoms with Crippen molar-refractivity contribution in [1.29, 1.82) is 0 Å². The van der Waals surface area contributed by atoms with Gasteiger partial charge in [0.15, 0.2) is 6.20 Å². The lowest BCUT2D eigenvalue weighted by Crippen LogP contribution is -3.00. The topological polar surface area (TPSA) is 3.88 Å². The molecule has 0 unspecified atom stereocenters. The van der Waals surface area contributed by atoms with Gasteiger partial charge in [-0.15, -0.1) is 0 Å². The van der Waals surface area contributed by atoms with E-state index in [1.165, 1.54) is 36.4 Å². The first-order valence-electron chi connectivity index (χ1n) is 7.30. The highest BCUT2D eigenvalue weighted by Crippen LogP contribution is 2.36. The summed E-state index contributed by atoms with van der Waals surface area (Å²) < 4.78 is 3.37. The zero-order valence-corrected chi connectivity index (χ0v) is 16.9. The summed E-state index contributed by atoms with van der Waals surface area (Å²) in [7, 11) is 2.08. The van der Waals surface area contributed by atoms with E-state index in [2.05, 4.69) is 107 Å². The van der Waals surface area contributed by atoms with Gasteiger partial charge in [-0.2, -0.15) is 4.57 Å². The van der Waals surface area contributed by atoms with Gasteiger partial charge in [0.05, 0.1) is 0 Å². The smallest absolute Gasteiger partial charge is 0.241 e. The summed E-state index contributed by atoms with van der Waals surface area (Å²) in [6.07, 6.45) is 2.13. The molecule has 0 saturated heterocycles. The first kappa shape index (κ1) is 16.6. The predicted octanol–water partition coefficient (Wildman–Crippen LogP) is 2.09. The third-order valence-corrected chi connectivity index (χ3v) is 5.22. The molecule has 0 bridgehead atoms. The van der Waals surface area contributed by atoms with E-state index in [0.717, 1.165) is 0 Å². The second kappa shape index (κ2) is 6.73. The van der Waals surface area contributed by atoms with Crippen molar-refractivity contribution in [2.24, 2.45) is 7.05 Å². The molecule has 4 aromatic rings. The number of fused-ring (bicyclic) bond motifs is 2. The minimum Gasteiger partial charge on any atom is -1.00 e. The van der Waals surface area contributed by atoms with E-state index < -0.39 is 0 Å². The average Bonchev–Trinajstić information content (AvgIpc) is 2.55. The Hall–Kier alpha value is -1.21. The van der Waals surface area contributed by atoms with Gasteiger partial charge in [0, 0.05) is 34.7 Å². The van der Waals surface area contributed by atoms with Crippen LogP contribution in [0.3, 0.4) is 0 Å². The Morgan fingerprint density at radius 1 is 0.783 bits per heavy atom. The van der Waals surface area contributed by atoms with Gasteiger partial charge in [0.2, 0.25) is 3.70 Å². The lowest BCUT2D eigenvalue weighted by Gasteiger charge is -2.11. The maximum absolute atomic E-state index is 2.39. The van der Waals surface area contributed by atoms with Crippen LogP contribution in [0.25, 0.3) is 32.7 Å². The molecule has 0 aliphatic carbocycles. The maximum Gasteiger partial charge on any atom is 0.241 e. The Labute approximate surface area is 166 Å². The fourth-order valence-corrected chi connectivity index (χ4v) is 3.52. The second-order valence-electron chi connectivity index (χ2n) is 5.54. The van der Waals surface area contributed by atoms with Gasteiger partial charge < -0.3 is 24.0 Å². The van der Waals surface area contributed by atoms with Crippen LogP contribution in [0.4, 0.5) is 0 Å². The molecule has 23 heavy (non-hydrogen) atoms. The average molecular weight is 523 g/mol. The van der Waals surface area contributed by atoms with Crippen LogP contribution in [0, 0.1) is 3.70 Å². The molecule has 0 spiro atoms. The molecule has 0 atom stereocenters. The van der Waals surface area contributed by atoms with Gasteiger partial charge in [-0.25, -0.2) is 0 Å². The van der Waals surface area contributed by atoms with Crippen molar-refractivity contribution in [2.75, 3.05) is 0 Å². The lowest BCUT2D eigenvalue weighted by molar-refractivity contribution is -0.684. The number of nitrogens with zero attached hydrogens (tertiary/aromatic N) is 1. The number of benzene rings is 3. The Balaban J connectivity index is 0.00000156. The van der Waals surface area contributed by atoms with E-state index in [-0.39, 0.29) is 24.0 Å². The molecular formula is C20H15I2N. The van der Waals surface area contributed by atoms with E-state index >= 15 is 0 Å². The monoisotopic (exact) mass is 523 g/mol. The molecule has 0 aliphatic rings. The van der Waals surface area contributed by atoms with Gasteiger partial charge in [-0.3, -0.25) is 0 Å². The minimum atomic E-state index is 0. The fraction of sp³-hybridized carbons (Fsp3) is 0.0500.